The minimum absolute atomic E-state index is 0.113. The average Bonchev–Trinajstić information content (AvgIpc) is 2.58. The molecule has 1 aromatic rings. The van der Waals surface area contributed by atoms with Crippen LogP contribution in [-0.4, -0.2) is 60.7 Å². The SMILES string of the molecule is CN(CC(=O)Nc1c(Cl)cccc1Cl)C(=O)CN1CCC(C(N)=O)CC1. The minimum Gasteiger partial charge on any atom is -0.369 e. The highest BCUT2D eigenvalue weighted by atomic mass is 35.5. The van der Waals surface area contributed by atoms with Gasteiger partial charge in [0.25, 0.3) is 0 Å². The molecule has 1 aliphatic heterocycles. The van der Waals surface area contributed by atoms with Crippen molar-refractivity contribution in [1.82, 2.24) is 9.80 Å². The van der Waals surface area contributed by atoms with Crippen LogP contribution in [0.5, 0.6) is 0 Å². The third-order valence-electron chi connectivity index (χ3n) is 4.38. The van der Waals surface area contributed by atoms with Gasteiger partial charge in [-0.3, -0.25) is 19.3 Å². The number of hydrogen-bond donors (Lipinski definition) is 2. The third kappa shape index (κ3) is 5.59. The molecule has 26 heavy (non-hydrogen) atoms. The molecule has 0 unspecified atom stereocenters. The average molecular weight is 401 g/mol. The van der Waals surface area contributed by atoms with Crippen LogP contribution < -0.4 is 11.1 Å². The summed E-state index contributed by atoms with van der Waals surface area (Å²) in [5, 5.41) is 3.29. The number of nitrogens with one attached hydrogen (secondary N) is 1. The molecule has 1 fully saturated rings. The maximum Gasteiger partial charge on any atom is 0.244 e. The summed E-state index contributed by atoms with van der Waals surface area (Å²) in [6.45, 7) is 1.35. The largest absolute Gasteiger partial charge is 0.369 e. The fourth-order valence-electron chi connectivity index (χ4n) is 2.79. The second-order valence-corrected chi connectivity index (χ2v) is 7.16. The standard InChI is InChI=1S/C17H22Cl2N4O3/c1-22(9-14(24)21-16-12(18)3-2-4-13(16)19)15(25)10-23-7-5-11(6-8-23)17(20)26/h2-4,11H,5-10H2,1H3,(H2,20,26)(H,21,24). The summed E-state index contributed by atoms with van der Waals surface area (Å²) >= 11 is 12.0. The quantitative estimate of drug-likeness (QED) is 0.757. The monoisotopic (exact) mass is 400 g/mol. The number of carbonyl (C=O) groups excluding carboxylic acids is 3. The van der Waals surface area contributed by atoms with Gasteiger partial charge in [-0.05, 0) is 38.1 Å². The zero-order valence-electron chi connectivity index (χ0n) is 14.5. The van der Waals surface area contributed by atoms with E-state index in [4.69, 9.17) is 28.9 Å². The number of nitrogens with two attached hydrogens (primary N) is 1. The summed E-state index contributed by atoms with van der Waals surface area (Å²) in [5.41, 5.74) is 5.63. The number of benzene rings is 1. The van der Waals surface area contributed by atoms with Gasteiger partial charge in [0.2, 0.25) is 17.7 Å². The fourth-order valence-corrected chi connectivity index (χ4v) is 3.28. The first-order valence-electron chi connectivity index (χ1n) is 8.27. The highest BCUT2D eigenvalue weighted by Crippen LogP contribution is 2.29. The molecule has 1 heterocycles. The van der Waals surface area contributed by atoms with Crippen LogP contribution in [0.15, 0.2) is 18.2 Å². The van der Waals surface area contributed by atoms with E-state index in [0.29, 0.717) is 41.7 Å². The molecule has 0 spiro atoms. The molecule has 1 saturated heterocycles. The first-order valence-corrected chi connectivity index (χ1v) is 9.03. The van der Waals surface area contributed by atoms with Crippen LogP contribution in [0.2, 0.25) is 10.0 Å². The van der Waals surface area contributed by atoms with Gasteiger partial charge in [-0.25, -0.2) is 0 Å². The Labute approximate surface area is 162 Å². The Balaban J connectivity index is 1.81. The van der Waals surface area contributed by atoms with E-state index in [9.17, 15) is 14.4 Å². The number of likely N-dealkylation sites (tertiary alicyclic amines) is 1. The predicted molar refractivity (Wildman–Crippen MR) is 101 cm³/mol. The van der Waals surface area contributed by atoms with Gasteiger partial charge in [0.15, 0.2) is 0 Å². The van der Waals surface area contributed by atoms with Crippen molar-refractivity contribution in [3.05, 3.63) is 28.2 Å². The van der Waals surface area contributed by atoms with E-state index < -0.39 is 0 Å². The number of nitrogens with zero attached hydrogens (tertiary/aromatic N) is 2. The zero-order valence-corrected chi connectivity index (χ0v) is 16.0. The number of para-hydroxylation sites is 1. The molecule has 0 bridgehead atoms. The van der Waals surface area contributed by atoms with E-state index in [2.05, 4.69) is 5.32 Å². The predicted octanol–water partition coefficient (Wildman–Crippen LogP) is 1.59. The number of piperidine rings is 1. The van der Waals surface area contributed by atoms with Gasteiger partial charge >= 0.3 is 0 Å². The number of hydrogen-bond acceptors (Lipinski definition) is 4. The van der Waals surface area contributed by atoms with E-state index in [-0.39, 0.29) is 36.7 Å². The maximum atomic E-state index is 12.3. The molecule has 0 atom stereocenters. The third-order valence-corrected chi connectivity index (χ3v) is 5.01. The van der Waals surface area contributed by atoms with Gasteiger partial charge in [0.05, 0.1) is 28.8 Å². The smallest absolute Gasteiger partial charge is 0.244 e. The first kappa shape index (κ1) is 20.5. The molecule has 142 valence electrons. The van der Waals surface area contributed by atoms with Crippen molar-refractivity contribution in [1.29, 1.82) is 0 Å². The summed E-state index contributed by atoms with van der Waals surface area (Å²) in [4.78, 5) is 38.9. The molecule has 3 N–H and O–H groups in total. The molecule has 0 aliphatic carbocycles. The molecule has 0 aromatic heterocycles. The number of rotatable bonds is 6. The highest BCUT2D eigenvalue weighted by Gasteiger charge is 2.25. The molecule has 0 radical (unpaired) electrons. The number of amides is 3. The second kappa shape index (κ2) is 9.21. The lowest BCUT2D eigenvalue weighted by Gasteiger charge is -2.31. The van der Waals surface area contributed by atoms with Gasteiger partial charge in [0, 0.05) is 13.0 Å². The number of halogens is 2. The van der Waals surface area contributed by atoms with E-state index in [1.54, 1.807) is 25.2 Å². The lowest BCUT2D eigenvalue weighted by Crippen LogP contribution is -2.45. The minimum atomic E-state index is -0.386. The van der Waals surface area contributed by atoms with Crippen LogP contribution in [0, 0.1) is 5.92 Å². The summed E-state index contributed by atoms with van der Waals surface area (Å²) in [6.07, 6.45) is 1.30. The maximum absolute atomic E-state index is 12.3. The van der Waals surface area contributed by atoms with E-state index in [1.807, 2.05) is 4.90 Å². The van der Waals surface area contributed by atoms with Crippen molar-refractivity contribution in [3.8, 4) is 0 Å². The molecule has 3 amide bonds. The molecule has 0 saturated carbocycles. The van der Waals surface area contributed by atoms with Crippen LogP contribution >= 0.6 is 23.2 Å². The summed E-state index contributed by atoms with van der Waals surface area (Å²) in [6, 6.07) is 4.92. The molecule has 2 rings (SSSR count). The topological polar surface area (TPSA) is 95.7 Å². The van der Waals surface area contributed by atoms with Crippen molar-refractivity contribution >= 4 is 46.6 Å². The Bertz CT molecular complexity index is 670. The van der Waals surface area contributed by atoms with Crippen molar-refractivity contribution in [2.24, 2.45) is 11.7 Å². The van der Waals surface area contributed by atoms with E-state index in [0.717, 1.165) is 0 Å². The summed E-state index contributed by atoms with van der Waals surface area (Å²) in [7, 11) is 1.56. The molecular formula is C17H22Cl2N4O3. The van der Waals surface area contributed by atoms with Crippen LogP contribution in [0.25, 0.3) is 0 Å². The lowest BCUT2D eigenvalue weighted by atomic mass is 9.96. The Morgan fingerprint density at radius 3 is 2.35 bits per heavy atom. The summed E-state index contributed by atoms with van der Waals surface area (Å²) < 4.78 is 0. The van der Waals surface area contributed by atoms with Crippen LogP contribution in [0.4, 0.5) is 5.69 Å². The van der Waals surface area contributed by atoms with Gasteiger partial charge in [-0.2, -0.15) is 0 Å². The van der Waals surface area contributed by atoms with E-state index in [1.165, 1.54) is 4.90 Å². The summed E-state index contributed by atoms with van der Waals surface area (Å²) in [5.74, 6) is -0.973. The lowest BCUT2D eigenvalue weighted by molar-refractivity contribution is -0.134. The Morgan fingerprint density at radius 1 is 1.23 bits per heavy atom. The fraction of sp³-hybridized carbons (Fsp3) is 0.471. The number of carbonyl (C=O) groups is 3. The molecule has 9 heteroatoms. The molecule has 1 aliphatic rings. The van der Waals surface area contributed by atoms with Gasteiger partial charge in [0.1, 0.15) is 0 Å². The van der Waals surface area contributed by atoms with Crippen molar-refractivity contribution < 1.29 is 14.4 Å². The van der Waals surface area contributed by atoms with Crippen LogP contribution in [-0.2, 0) is 14.4 Å². The molecular weight excluding hydrogens is 379 g/mol. The van der Waals surface area contributed by atoms with Gasteiger partial charge in [-0.15, -0.1) is 0 Å². The highest BCUT2D eigenvalue weighted by molar-refractivity contribution is 6.39. The van der Waals surface area contributed by atoms with Crippen molar-refractivity contribution in [3.63, 3.8) is 0 Å². The Kier molecular flexibility index (Phi) is 7.25. The Hall–Kier alpha value is -1.83. The van der Waals surface area contributed by atoms with Crippen LogP contribution in [0.3, 0.4) is 0 Å². The number of anilines is 1. The van der Waals surface area contributed by atoms with Gasteiger partial charge in [-0.1, -0.05) is 29.3 Å². The molecule has 7 nitrogen and oxygen atoms in total. The Morgan fingerprint density at radius 2 is 1.81 bits per heavy atom. The number of likely N-dealkylation sites (N-methyl/N-ethyl adjacent to an activating group) is 1. The normalized spacial score (nSPS) is 15.5. The zero-order chi connectivity index (χ0) is 19.3. The molecule has 1 aromatic carbocycles. The van der Waals surface area contributed by atoms with Crippen LogP contribution in [0.1, 0.15) is 12.8 Å². The van der Waals surface area contributed by atoms with Crippen molar-refractivity contribution in [2.45, 2.75) is 12.8 Å². The number of primary amides is 1. The second-order valence-electron chi connectivity index (χ2n) is 6.35. The first-order chi connectivity index (χ1) is 12.3. The van der Waals surface area contributed by atoms with Crippen molar-refractivity contribution in [2.75, 3.05) is 38.5 Å². The van der Waals surface area contributed by atoms with E-state index >= 15 is 0 Å². The van der Waals surface area contributed by atoms with Gasteiger partial charge < -0.3 is 16.0 Å².